The van der Waals surface area contributed by atoms with Gasteiger partial charge in [-0.1, -0.05) is 18.2 Å². The molecule has 0 spiro atoms. The van der Waals surface area contributed by atoms with Crippen molar-refractivity contribution in [1.29, 1.82) is 0 Å². The quantitative estimate of drug-likeness (QED) is 0.172. The summed E-state index contributed by atoms with van der Waals surface area (Å²) in [5, 5.41) is 8.49. The fourth-order valence-electron chi connectivity index (χ4n) is 2.46. The van der Waals surface area contributed by atoms with Gasteiger partial charge in [0.2, 0.25) is 0 Å². The van der Waals surface area contributed by atoms with Gasteiger partial charge in [-0.05, 0) is 42.3 Å². The number of alkyl halides is 3. The Hall–Kier alpha value is -2.37. The van der Waals surface area contributed by atoms with E-state index in [0.29, 0.717) is 23.6 Å². The summed E-state index contributed by atoms with van der Waals surface area (Å²) in [5.41, 5.74) is 0.423. The van der Waals surface area contributed by atoms with Crippen molar-refractivity contribution in [3.63, 3.8) is 0 Å². The van der Waals surface area contributed by atoms with Crippen LogP contribution in [-0.4, -0.2) is 32.0 Å². The highest BCUT2D eigenvalue weighted by Gasteiger charge is 2.30. The van der Waals surface area contributed by atoms with E-state index < -0.39 is 23.5 Å². The molecule has 5 nitrogen and oxygen atoms in total. The summed E-state index contributed by atoms with van der Waals surface area (Å²) >= 11 is 0. The molecule has 0 heterocycles. The summed E-state index contributed by atoms with van der Waals surface area (Å²) in [6.45, 7) is 2.33. The third-order valence-corrected chi connectivity index (χ3v) is 4.07. The second kappa shape index (κ2) is 11.7. The number of benzene rings is 2. The van der Waals surface area contributed by atoms with Crippen molar-refractivity contribution < 1.29 is 22.4 Å². The smallest absolute Gasteiger partial charge is 0.355 e. The molecule has 10 heteroatoms. The number of rotatable bonds is 6. The molecule has 2 aromatic rings. The standard InChI is InChI=1S/C20H22F4N4O.HI/c1-13-6-7-15(11-17(13)21)18(29)26-8-9-27-19(25-2)28-12-14-4-3-5-16(10-14)20(22,23)24;/h3-7,10-11H,8-9,12H2,1-2H3,(H,26,29)(H2,25,27,28);1H. The molecule has 164 valence electrons. The van der Waals surface area contributed by atoms with Gasteiger partial charge in [0.1, 0.15) is 5.82 Å². The highest BCUT2D eigenvalue weighted by Crippen LogP contribution is 2.29. The summed E-state index contributed by atoms with van der Waals surface area (Å²) in [5.74, 6) is -0.481. The summed E-state index contributed by atoms with van der Waals surface area (Å²) in [6.07, 6.45) is -4.39. The molecule has 0 unspecified atom stereocenters. The SMILES string of the molecule is CN=C(NCCNC(=O)c1ccc(C)c(F)c1)NCc1cccc(C(F)(F)F)c1.I. The molecule has 30 heavy (non-hydrogen) atoms. The number of halogens is 5. The number of guanidine groups is 1. The number of amides is 1. The molecule has 0 saturated carbocycles. The molecule has 0 aromatic heterocycles. The largest absolute Gasteiger partial charge is 0.416 e. The lowest BCUT2D eigenvalue weighted by Gasteiger charge is -2.13. The van der Waals surface area contributed by atoms with Crippen molar-refractivity contribution in [1.82, 2.24) is 16.0 Å². The van der Waals surface area contributed by atoms with Gasteiger partial charge in [0.25, 0.3) is 5.91 Å². The number of carbonyl (C=O) groups is 1. The van der Waals surface area contributed by atoms with Crippen molar-refractivity contribution in [3.8, 4) is 0 Å². The molecule has 0 fully saturated rings. The monoisotopic (exact) mass is 538 g/mol. The normalized spacial score (nSPS) is 11.5. The predicted octanol–water partition coefficient (Wildman–Crippen LogP) is 3.87. The lowest BCUT2D eigenvalue weighted by Crippen LogP contribution is -2.41. The molecule has 2 rings (SSSR count). The van der Waals surface area contributed by atoms with Crippen molar-refractivity contribution in [2.75, 3.05) is 20.1 Å². The summed E-state index contributed by atoms with van der Waals surface area (Å²) in [6, 6.07) is 9.25. The molecule has 1 amide bonds. The minimum Gasteiger partial charge on any atom is -0.355 e. The zero-order valence-electron chi connectivity index (χ0n) is 16.4. The summed E-state index contributed by atoms with van der Waals surface area (Å²) in [4.78, 5) is 16.0. The van der Waals surface area contributed by atoms with Gasteiger partial charge in [-0.2, -0.15) is 13.2 Å². The van der Waals surface area contributed by atoms with Crippen LogP contribution in [0.5, 0.6) is 0 Å². The molecule has 0 radical (unpaired) electrons. The van der Waals surface area contributed by atoms with E-state index in [1.807, 2.05) is 0 Å². The number of aliphatic imine (C=N–C) groups is 1. The first kappa shape index (κ1) is 25.7. The minimum atomic E-state index is -4.39. The lowest BCUT2D eigenvalue weighted by atomic mass is 10.1. The average Bonchev–Trinajstić information content (AvgIpc) is 2.69. The van der Waals surface area contributed by atoms with Crippen LogP contribution in [0.3, 0.4) is 0 Å². The maximum atomic E-state index is 13.5. The maximum absolute atomic E-state index is 13.5. The molecule has 0 aliphatic rings. The molecule has 0 aliphatic heterocycles. The van der Waals surface area contributed by atoms with E-state index in [-0.39, 0.29) is 42.6 Å². The zero-order chi connectivity index (χ0) is 21.4. The Labute approximate surface area is 189 Å². The number of carbonyl (C=O) groups excluding carboxylic acids is 1. The van der Waals surface area contributed by atoms with E-state index in [1.54, 1.807) is 13.0 Å². The van der Waals surface area contributed by atoms with Gasteiger partial charge in [0.05, 0.1) is 5.56 Å². The Kier molecular flexibility index (Phi) is 10.0. The third-order valence-electron chi connectivity index (χ3n) is 4.07. The van der Waals surface area contributed by atoms with E-state index in [2.05, 4.69) is 20.9 Å². The van der Waals surface area contributed by atoms with E-state index >= 15 is 0 Å². The van der Waals surface area contributed by atoms with Crippen LogP contribution in [0.1, 0.15) is 27.0 Å². The Balaban J connectivity index is 0.00000450. The van der Waals surface area contributed by atoms with Crippen LogP contribution < -0.4 is 16.0 Å². The number of hydrogen-bond donors (Lipinski definition) is 3. The molecular formula is C20H23F4IN4O. The van der Waals surface area contributed by atoms with Crippen LogP contribution >= 0.6 is 24.0 Å². The maximum Gasteiger partial charge on any atom is 0.416 e. The highest BCUT2D eigenvalue weighted by molar-refractivity contribution is 14.0. The molecule has 2 aromatic carbocycles. The zero-order valence-corrected chi connectivity index (χ0v) is 18.8. The average molecular weight is 538 g/mol. The number of nitrogens with one attached hydrogen (secondary N) is 3. The molecule has 0 bridgehead atoms. The van der Waals surface area contributed by atoms with Crippen molar-refractivity contribution in [3.05, 3.63) is 70.5 Å². The third kappa shape index (κ3) is 7.81. The van der Waals surface area contributed by atoms with Gasteiger partial charge < -0.3 is 16.0 Å². The van der Waals surface area contributed by atoms with E-state index in [9.17, 15) is 22.4 Å². The highest BCUT2D eigenvalue weighted by atomic mass is 127. The lowest BCUT2D eigenvalue weighted by molar-refractivity contribution is -0.137. The van der Waals surface area contributed by atoms with Crippen molar-refractivity contribution >= 4 is 35.8 Å². The van der Waals surface area contributed by atoms with Crippen LogP contribution in [-0.2, 0) is 12.7 Å². The number of nitrogens with zero attached hydrogens (tertiary/aromatic N) is 1. The van der Waals surface area contributed by atoms with Gasteiger partial charge in [0.15, 0.2) is 5.96 Å². The second-order valence-corrected chi connectivity index (χ2v) is 6.27. The van der Waals surface area contributed by atoms with Gasteiger partial charge in [0, 0.05) is 32.2 Å². The number of hydrogen-bond acceptors (Lipinski definition) is 2. The fourth-order valence-corrected chi connectivity index (χ4v) is 2.46. The summed E-state index contributed by atoms with van der Waals surface area (Å²) in [7, 11) is 1.52. The molecular weight excluding hydrogens is 515 g/mol. The van der Waals surface area contributed by atoms with E-state index in [0.717, 1.165) is 12.1 Å². The first-order valence-corrected chi connectivity index (χ1v) is 8.85. The molecule has 0 atom stereocenters. The van der Waals surface area contributed by atoms with Gasteiger partial charge in [-0.25, -0.2) is 4.39 Å². The molecule has 0 aliphatic carbocycles. The Morgan fingerprint density at radius 3 is 2.37 bits per heavy atom. The van der Waals surface area contributed by atoms with Crippen LogP contribution in [0.2, 0.25) is 0 Å². The molecule has 0 saturated heterocycles. The summed E-state index contributed by atoms with van der Waals surface area (Å²) < 4.78 is 51.8. The minimum absolute atomic E-state index is 0. The van der Waals surface area contributed by atoms with Crippen molar-refractivity contribution in [2.24, 2.45) is 4.99 Å². The van der Waals surface area contributed by atoms with Gasteiger partial charge >= 0.3 is 6.18 Å². The Bertz CT molecular complexity index is 887. The Morgan fingerprint density at radius 1 is 1.03 bits per heavy atom. The van der Waals surface area contributed by atoms with Crippen LogP contribution in [0.15, 0.2) is 47.5 Å². The van der Waals surface area contributed by atoms with E-state index in [4.69, 9.17) is 0 Å². The van der Waals surface area contributed by atoms with Crippen LogP contribution in [0.25, 0.3) is 0 Å². The fraction of sp³-hybridized carbons (Fsp3) is 0.300. The van der Waals surface area contributed by atoms with Crippen LogP contribution in [0.4, 0.5) is 17.6 Å². The van der Waals surface area contributed by atoms with Crippen molar-refractivity contribution in [2.45, 2.75) is 19.6 Å². The topological polar surface area (TPSA) is 65.5 Å². The first-order valence-electron chi connectivity index (χ1n) is 8.85. The molecule has 3 N–H and O–H groups in total. The van der Waals surface area contributed by atoms with Gasteiger partial charge in [-0.3, -0.25) is 9.79 Å². The predicted molar refractivity (Wildman–Crippen MR) is 119 cm³/mol. The second-order valence-electron chi connectivity index (χ2n) is 6.27. The van der Waals surface area contributed by atoms with Crippen LogP contribution in [0, 0.1) is 12.7 Å². The Morgan fingerprint density at radius 2 is 1.73 bits per heavy atom. The number of aryl methyl sites for hydroxylation is 1. The first-order chi connectivity index (χ1) is 13.7. The van der Waals surface area contributed by atoms with Gasteiger partial charge in [-0.15, -0.1) is 24.0 Å². The van der Waals surface area contributed by atoms with E-state index in [1.165, 1.54) is 31.3 Å².